The van der Waals surface area contributed by atoms with Gasteiger partial charge < -0.3 is 0 Å². The van der Waals surface area contributed by atoms with E-state index in [1.807, 2.05) is 0 Å². The minimum atomic E-state index is 0.313. The van der Waals surface area contributed by atoms with Crippen LogP contribution < -0.4 is 0 Å². The van der Waals surface area contributed by atoms with E-state index in [4.69, 9.17) is 0 Å². The molecule has 0 spiro atoms. The molecule has 2 aliphatic rings. The summed E-state index contributed by atoms with van der Waals surface area (Å²) in [5.41, 5.74) is 0. The smallest absolute Gasteiger partial charge is 0.0672 e. The standard InChI is InChI=1S/C14H24N2/c15-12-13-8-4-5-9-14(13)16-10-6-2-1-3-7-11-16/h13-14H,1-11H2. The van der Waals surface area contributed by atoms with Crippen molar-refractivity contribution < 1.29 is 0 Å². The molecular weight excluding hydrogens is 196 g/mol. The maximum Gasteiger partial charge on any atom is 0.0672 e. The first-order chi connectivity index (χ1) is 7.92. The molecule has 1 heterocycles. The Balaban J connectivity index is 1.94. The highest BCUT2D eigenvalue weighted by molar-refractivity contribution is 4.95. The Hall–Kier alpha value is -0.550. The second-order valence-electron chi connectivity index (χ2n) is 5.39. The molecule has 0 aromatic rings. The summed E-state index contributed by atoms with van der Waals surface area (Å²) in [6.45, 7) is 2.48. The van der Waals surface area contributed by atoms with Crippen molar-refractivity contribution in [3.63, 3.8) is 0 Å². The predicted molar refractivity (Wildman–Crippen MR) is 66.0 cm³/mol. The summed E-state index contributed by atoms with van der Waals surface area (Å²) in [4.78, 5) is 2.63. The molecule has 2 unspecified atom stereocenters. The SMILES string of the molecule is N#CC1CCCCC1N1CCCCCCC1. The van der Waals surface area contributed by atoms with E-state index in [2.05, 4.69) is 11.0 Å². The highest BCUT2D eigenvalue weighted by Gasteiger charge is 2.29. The summed E-state index contributed by atoms with van der Waals surface area (Å²) in [5, 5.41) is 9.24. The van der Waals surface area contributed by atoms with Crippen LogP contribution in [-0.2, 0) is 0 Å². The van der Waals surface area contributed by atoms with E-state index in [0.717, 1.165) is 6.42 Å². The molecule has 0 N–H and O–H groups in total. The minimum absolute atomic E-state index is 0.313. The molecule has 2 fully saturated rings. The lowest BCUT2D eigenvalue weighted by atomic mass is 9.84. The van der Waals surface area contributed by atoms with Gasteiger partial charge in [0.05, 0.1) is 12.0 Å². The quantitative estimate of drug-likeness (QED) is 0.677. The summed E-state index contributed by atoms with van der Waals surface area (Å²) in [7, 11) is 0. The van der Waals surface area contributed by atoms with Crippen LogP contribution >= 0.6 is 0 Å². The van der Waals surface area contributed by atoms with Gasteiger partial charge >= 0.3 is 0 Å². The van der Waals surface area contributed by atoms with Crippen LogP contribution in [0.1, 0.15) is 57.8 Å². The van der Waals surface area contributed by atoms with E-state index in [1.54, 1.807) is 0 Å². The van der Waals surface area contributed by atoms with Crippen LogP contribution in [0.25, 0.3) is 0 Å². The Bertz CT molecular complexity index is 236. The fraction of sp³-hybridized carbons (Fsp3) is 0.929. The van der Waals surface area contributed by atoms with Crippen molar-refractivity contribution >= 4 is 0 Å². The zero-order valence-corrected chi connectivity index (χ0v) is 10.3. The van der Waals surface area contributed by atoms with Crippen LogP contribution in [0.4, 0.5) is 0 Å². The molecule has 2 heteroatoms. The highest BCUT2D eigenvalue weighted by atomic mass is 15.2. The first-order valence-electron chi connectivity index (χ1n) is 7.05. The number of nitriles is 1. The van der Waals surface area contributed by atoms with Crippen molar-refractivity contribution in [3.05, 3.63) is 0 Å². The molecule has 0 bridgehead atoms. The Kier molecular flexibility index (Phi) is 4.66. The molecule has 0 aromatic carbocycles. The van der Waals surface area contributed by atoms with Gasteiger partial charge in [-0.3, -0.25) is 4.90 Å². The number of nitrogens with zero attached hydrogens (tertiary/aromatic N) is 2. The maximum absolute atomic E-state index is 9.24. The average molecular weight is 220 g/mol. The van der Waals surface area contributed by atoms with Crippen molar-refractivity contribution in [3.8, 4) is 6.07 Å². The highest BCUT2D eigenvalue weighted by Crippen LogP contribution is 2.29. The van der Waals surface area contributed by atoms with Gasteiger partial charge in [-0.15, -0.1) is 0 Å². The van der Waals surface area contributed by atoms with Crippen LogP contribution in [0.3, 0.4) is 0 Å². The monoisotopic (exact) mass is 220 g/mol. The zero-order chi connectivity index (χ0) is 11.2. The summed E-state index contributed by atoms with van der Waals surface area (Å²) in [5.74, 6) is 0.313. The molecule has 16 heavy (non-hydrogen) atoms. The van der Waals surface area contributed by atoms with Gasteiger partial charge in [-0.25, -0.2) is 0 Å². The molecule has 2 atom stereocenters. The first-order valence-corrected chi connectivity index (χ1v) is 7.05. The van der Waals surface area contributed by atoms with Crippen LogP contribution in [0.15, 0.2) is 0 Å². The predicted octanol–water partition coefficient (Wildman–Crippen LogP) is 3.33. The van der Waals surface area contributed by atoms with Crippen molar-refractivity contribution in [2.45, 2.75) is 63.8 Å². The van der Waals surface area contributed by atoms with E-state index in [9.17, 15) is 5.26 Å². The molecule has 0 aromatic heterocycles. The van der Waals surface area contributed by atoms with Crippen molar-refractivity contribution in [2.75, 3.05) is 13.1 Å². The van der Waals surface area contributed by atoms with Gasteiger partial charge in [0.1, 0.15) is 0 Å². The molecule has 1 saturated carbocycles. The molecule has 90 valence electrons. The molecule has 1 aliphatic carbocycles. The van der Waals surface area contributed by atoms with Gasteiger partial charge in [0.25, 0.3) is 0 Å². The molecule has 0 amide bonds. The van der Waals surface area contributed by atoms with Gasteiger partial charge in [0.2, 0.25) is 0 Å². The molecule has 2 rings (SSSR count). The second kappa shape index (κ2) is 6.25. The average Bonchev–Trinajstić information content (AvgIpc) is 2.29. The third-order valence-corrected chi connectivity index (χ3v) is 4.25. The van der Waals surface area contributed by atoms with Crippen molar-refractivity contribution in [2.24, 2.45) is 5.92 Å². The molecule has 2 nitrogen and oxygen atoms in total. The van der Waals surface area contributed by atoms with Gasteiger partial charge in [0, 0.05) is 6.04 Å². The Morgan fingerprint density at radius 2 is 1.44 bits per heavy atom. The summed E-state index contributed by atoms with van der Waals surface area (Å²) in [6.07, 6.45) is 11.9. The largest absolute Gasteiger partial charge is 0.299 e. The van der Waals surface area contributed by atoms with Crippen LogP contribution in [0.5, 0.6) is 0 Å². The Morgan fingerprint density at radius 1 is 0.812 bits per heavy atom. The third kappa shape index (κ3) is 2.98. The van der Waals surface area contributed by atoms with E-state index in [-0.39, 0.29) is 0 Å². The summed E-state index contributed by atoms with van der Waals surface area (Å²) >= 11 is 0. The summed E-state index contributed by atoms with van der Waals surface area (Å²) < 4.78 is 0. The van der Waals surface area contributed by atoms with E-state index in [1.165, 1.54) is 64.5 Å². The van der Waals surface area contributed by atoms with Crippen LogP contribution in [0, 0.1) is 17.2 Å². The first kappa shape index (κ1) is 11.9. The lowest BCUT2D eigenvalue weighted by Crippen LogP contribution is -2.43. The minimum Gasteiger partial charge on any atom is -0.299 e. The van der Waals surface area contributed by atoms with E-state index in [0.29, 0.717) is 12.0 Å². The van der Waals surface area contributed by atoms with Crippen LogP contribution in [-0.4, -0.2) is 24.0 Å². The van der Waals surface area contributed by atoms with Gasteiger partial charge in [-0.1, -0.05) is 32.1 Å². The zero-order valence-electron chi connectivity index (χ0n) is 10.3. The van der Waals surface area contributed by atoms with Crippen molar-refractivity contribution in [1.82, 2.24) is 4.90 Å². The fourth-order valence-electron chi connectivity index (χ4n) is 3.30. The fourth-order valence-corrected chi connectivity index (χ4v) is 3.30. The second-order valence-corrected chi connectivity index (χ2v) is 5.39. The van der Waals surface area contributed by atoms with Gasteiger partial charge in [0.15, 0.2) is 0 Å². The Morgan fingerprint density at radius 3 is 2.12 bits per heavy atom. The van der Waals surface area contributed by atoms with Crippen molar-refractivity contribution in [1.29, 1.82) is 5.26 Å². The normalized spacial score (nSPS) is 33.7. The van der Waals surface area contributed by atoms with Gasteiger partial charge in [-0.2, -0.15) is 5.26 Å². The maximum atomic E-state index is 9.24. The lowest BCUT2D eigenvalue weighted by molar-refractivity contribution is 0.117. The number of likely N-dealkylation sites (tertiary alicyclic amines) is 1. The number of hydrogen-bond donors (Lipinski definition) is 0. The molecule has 1 saturated heterocycles. The Labute approximate surface area is 99.6 Å². The molecular formula is C14H24N2. The van der Waals surface area contributed by atoms with Crippen LogP contribution in [0.2, 0.25) is 0 Å². The summed E-state index contributed by atoms with van der Waals surface area (Å²) in [6, 6.07) is 3.13. The molecule has 1 aliphatic heterocycles. The third-order valence-electron chi connectivity index (χ3n) is 4.25. The van der Waals surface area contributed by atoms with E-state index >= 15 is 0 Å². The van der Waals surface area contributed by atoms with Gasteiger partial charge in [-0.05, 0) is 38.8 Å². The topological polar surface area (TPSA) is 27.0 Å². The lowest BCUT2D eigenvalue weighted by Gasteiger charge is -2.38. The number of rotatable bonds is 1. The molecule has 0 radical (unpaired) electrons. The van der Waals surface area contributed by atoms with E-state index < -0.39 is 0 Å². The number of hydrogen-bond acceptors (Lipinski definition) is 2.